The molecule has 2 fully saturated rings. The third-order valence-electron chi connectivity index (χ3n) is 6.23. The predicted octanol–water partition coefficient (Wildman–Crippen LogP) is 3.32. The molecule has 2 amide bonds. The van der Waals surface area contributed by atoms with Crippen molar-refractivity contribution < 1.29 is 14.0 Å². The van der Waals surface area contributed by atoms with Gasteiger partial charge in [0.15, 0.2) is 5.65 Å². The molecule has 2 aliphatic rings. The average Bonchev–Trinajstić information content (AvgIpc) is 3.43. The van der Waals surface area contributed by atoms with Gasteiger partial charge in [-0.3, -0.25) is 14.3 Å². The highest BCUT2D eigenvalue weighted by Crippen LogP contribution is 2.42. The van der Waals surface area contributed by atoms with Crippen molar-refractivity contribution in [3.8, 4) is 0 Å². The van der Waals surface area contributed by atoms with Gasteiger partial charge in [-0.15, -0.1) is 0 Å². The Hall–Kier alpha value is -3.29. The minimum atomic E-state index is -0.377. The Morgan fingerprint density at radius 3 is 2.58 bits per heavy atom. The number of nitrogens with zero attached hydrogens (tertiary/aromatic N) is 4. The van der Waals surface area contributed by atoms with Gasteiger partial charge in [-0.25, -0.2) is 9.37 Å². The van der Waals surface area contributed by atoms with Crippen molar-refractivity contribution in [2.24, 2.45) is 7.05 Å². The zero-order valence-corrected chi connectivity index (χ0v) is 17.6. The first-order valence-electron chi connectivity index (χ1n) is 10.6. The number of rotatable bonds is 4. The molecule has 3 heterocycles. The number of aryl methyl sites for hydroxylation is 1. The van der Waals surface area contributed by atoms with Crippen molar-refractivity contribution in [3.05, 3.63) is 58.7 Å². The summed E-state index contributed by atoms with van der Waals surface area (Å²) in [7, 11) is 3.44. The first-order valence-corrected chi connectivity index (χ1v) is 10.6. The molecule has 1 saturated carbocycles. The fourth-order valence-electron chi connectivity index (χ4n) is 4.48. The van der Waals surface area contributed by atoms with Crippen molar-refractivity contribution in [1.82, 2.24) is 25.0 Å². The van der Waals surface area contributed by atoms with Crippen molar-refractivity contribution in [1.29, 1.82) is 0 Å². The zero-order valence-electron chi connectivity index (χ0n) is 17.6. The molecule has 1 aliphatic heterocycles. The number of carbonyl (C=O) groups excluding carboxylic acids is 2. The number of carbonyl (C=O) groups is 2. The van der Waals surface area contributed by atoms with Gasteiger partial charge in [0.2, 0.25) is 0 Å². The molecule has 1 aliphatic carbocycles. The summed E-state index contributed by atoms with van der Waals surface area (Å²) in [5.41, 5.74) is 3.28. The van der Waals surface area contributed by atoms with Crippen LogP contribution in [0.2, 0.25) is 0 Å². The molecular weight excluding hydrogens is 397 g/mol. The third-order valence-corrected chi connectivity index (χ3v) is 6.23. The minimum absolute atomic E-state index is 0.162. The number of fused-ring (bicyclic) bond motifs is 1. The van der Waals surface area contributed by atoms with Crippen LogP contribution in [-0.4, -0.2) is 45.1 Å². The van der Waals surface area contributed by atoms with Crippen LogP contribution in [0, 0.1) is 5.82 Å². The first kappa shape index (κ1) is 19.7. The lowest BCUT2D eigenvalue weighted by Crippen LogP contribution is -2.31. The summed E-state index contributed by atoms with van der Waals surface area (Å²) in [6, 6.07) is 7.21. The van der Waals surface area contributed by atoms with Crippen LogP contribution in [0.25, 0.3) is 11.0 Å². The Labute approximate surface area is 179 Å². The standard InChI is InChI=1S/C23H24FN5O2/c1-25-22(30)16-12-17(13-5-6-13)26-21-19(16)20(27-28(21)2)18-4-3-11-29(18)23(31)14-7-9-15(24)10-8-14/h7-10,12-13,18H,3-6,11H2,1-2H3,(H,25,30). The molecule has 1 N–H and O–H groups in total. The van der Waals surface area contributed by atoms with E-state index in [4.69, 9.17) is 10.1 Å². The van der Waals surface area contributed by atoms with Crippen molar-refractivity contribution in [3.63, 3.8) is 0 Å². The van der Waals surface area contributed by atoms with E-state index in [1.165, 1.54) is 24.3 Å². The molecule has 0 bridgehead atoms. The van der Waals surface area contributed by atoms with Gasteiger partial charge < -0.3 is 10.2 Å². The lowest BCUT2D eigenvalue weighted by Gasteiger charge is -2.24. The highest BCUT2D eigenvalue weighted by Gasteiger charge is 2.36. The Kier molecular flexibility index (Phi) is 4.72. The molecule has 0 radical (unpaired) electrons. The van der Waals surface area contributed by atoms with E-state index in [-0.39, 0.29) is 23.7 Å². The Balaban J connectivity index is 1.61. The largest absolute Gasteiger partial charge is 0.355 e. The normalized spacial score (nSPS) is 18.5. The monoisotopic (exact) mass is 421 g/mol. The predicted molar refractivity (Wildman–Crippen MR) is 113 cm³/mol. The molecule has 5 rings (SSSR count). The molecule has 160 valence electrons. The van der Waals surface area contributed by atoms with Crippen LogP contribution in [-0.2, 0) is 7.05 Å². The number of pyridine rings is 1. The van der Waals surface area contributed by atoms with E-state index in [1.807, 2.05) is 13.1 Å². The lowest BCUT2D eigenvalue weighted by atomic mass is 10.0. The minimum Gasteiger partial charge on any atom is -0.355 e. The zero-order chi connectivity index (χ0) is 21.7. The Bertz CT molecular complexity index is 1180. The first-order chi connectivity index (χ1) is 15.0. The van der Waals surface area contributed by atoms with E-state index in [1.54, 1.807) is 16.6 Å². The van der Waals surface area contributed by atoms with Crippen LogP contribution in [0.15, 0.2) is 30.3 Å². The highest BCUT2D eigenvalue weighted by atomic mass is 19.1. The second-order valence-corrected chi connectivity index (χ2v) is 8.32. The van der Waals surface area contributed by atoms with Crippen molar-refractivity contribution in [2.45, 2.75) is 37.6 Å². The smallest absolute Gasteiger partial charge is 0.254 e. The highest BCUT2D eigenvalue weighted by molar-refractivity contribution is 6.07. The number of halogens is 1. The quantitative estimate of drug-likeness (QED) is 0.701. The number of benzene rings is 1. The van der Waals surface area contributed by atoms with Crippen molar-refractivity contribution in [2.75, 3.05) is 13.6 Å². The number of likely N-dealkylation sites (tertiary alicyclic amines) is 1. The van der Waals surface area contributed by atoms with Crippen LogP contribution < -0.4 is 5.32 Å². The fourth-order valence-corrected chi connectivity index (χ4v) is 4.48. The van der Waals surface area contributed by atoms with Crippen molar-refractivity contribution >= 4 is 22.8 Å². The number of aromatic nitrogens is 3. The second kappa shape index (κ2) is 7.44. The second-order valence-electron chi connectivity index (χ2n) is 8.32. The Morgan fingerprint density at radius 2 is 1.90 bits per heavy atom. The van der Waals surface area contributed by atoms with Gasteiger partial charge >= 0.3 is 0 Å². The summed E-state index contributed by atoms with van der Waals surface area (Å²) in [6.07, 6.45) is 3.74. The summed E-state index contributed by atoms with van der Waals surface area (Å²) in [5, 5.41) is 8.17. The van der Waals surface area contributed by atoms with Crippen LogP contribution in [0.1, 0.15) is 69.7 Å². The van der Waals surface area contributed by atoms with E-state index >= 15 is 0 Å². The number of hydrogen-bond donors (Lipinski definition) is 1. The molecule has 1 unspecified atom stereocenters. The van der Waals surface area contributed by atoms with Gasteiger partial charge in [0.1, 0.15) is 5.82 Å². The summed E-state index contributed by atoms with van der Waals surface area (Å²) in [5.74, 6) is -0.324. The molecule has 8 heteroatoms. The average molecular weight is 421 g/mol. The van der Waals surface area contributed by atoms with E-state index in [0.717, 1.165) is 31.4 Å². The summed E-state index contributed by atoms with van der Waals surface area (Å²) in [6.45, 7) is 0.585. The summed E-state index contributed by atoms with van der Waals surface area (Å²) in [4.78, 5) is 32.6. The molecule has 3 aromatic rings. The molecule has 1 atom stereocenters. The van der Waals surface area contributed by atoms with Crippen LogP contribution in [0.4, 0.5) is 4.39 Å². The van der Waals surface area contributed by atoms with Gasteiger partial charge in [0.25, 0.3) is 11.8 Å². The maximum atomic E-state index is 13.3. The number of amides is 2. The molecule has 1 aromatic carbocycles. The lowest BCUT2D eigenvalue weighted by molar-refractivity contribution is 0.0733. The van der Waals surface area contributed by atoms with Gasteiger partial charge in [-0.05, 0) is 56.0 Å². The molecule has 31 heavy (non-hydrogen) atoms. The van der Waals surface area contributed by atoms with Crippen LogP contribution in [0.5, 0.6) is 0 Å². The molecule has 2 aromatic heterocycles. The molecule has 0 spiro atoms. The number of nitrogens with one attached hydrogen (secondary N) is 1. The number of hydrogen-bond acceptors (Lipinski definition) is 4. The van der Waals surface area contributed by atoms with Gasteiger partial charge in [-0.2, -0.15) is 5.10 Å². The van der Waals surface area contributed by atoms with E-state index in [2.05, 4.69) is 5.32 Å². The maximum Gasteiger partial charge on any atom is 0.254 e. The molecular formula is C23H24FN5O2. The van der Waals surface area contributed by atoms with Gasteiger partial charge in [-0.1, -0.05) is 0 Å². The van der Waals surface area contributed by atoms with Crippen LogP contribution >= 0.6 is 0 Å². The van der Waals surface area contributed by atoms with E-state index in [9.17, 15) is 14.0 Å². The Morgan fingerprint density at radius 1 is 1.16 bits per heavy atom. The fraction of sp³-hybridized carbons (Fsp3) is 0.391. The van der Waals surface area contributed by atoms with Crippen LogP contribution in [0.3, 0.4) is 0 Å². The third kappa shape index (κ3) is 3.36. The van der Waals surface area contributed by atoms with Gasteiger partial charge in [0.05, 0.1) is 22.7 Å². The molecule has 7 nitrogen and oxygen atoms in total. The molecule has 1 saturated heterocycles. The SMILES string of the molecule is CNC(=O)c1cc(C2CC2)nc2c1c(C1CCCN1C(=O)c1ccc(F)cc1)nn2C. The van der Waals surface area contributed by atoms with E-state index < -0.39 is 0 Å². The summed E-state index contributed by atoms with van der Waals surface area (Å²) < 4.78 is 15.0. The van der Waals surface area contributed by atoms with E-state index in [0.29, 0.717) is 40.3 Å². The summed E-state index contributed by atoms with van der Waals surface area (Å²) >= 11 is 0. The maximum absolute atomic E-state index is 13.3. The van der Waals surface area contributed by atoms with Gasteiger partial charge in [0, 0.05) is 37.8 Å². The topological polar surface area (TPSA) is 80.1 Å².